The zero-order valence-electron chi connectivity index (χ0n) is 16.6. The minimum absolute atomic E-state index is 0.00768. The summed E-state index contributed by atoms with van der Waals surface area (Å²) in [5.41, 5.74) is 0.00768. The lowest BCUT2D eigenvalue weighted by Gasteiger charge is -2.16. The number of ether oxygens (including phenoxy) is 3. The van der Waals surface area contributed by atoms with E-state index in [1.54, 1.807) is 32.9 Å². The maximum atomic E-state index is 13.1. The average Bonchev–Trinajstić information content (AvgIpc) is 2.70. The third-order valence-electron chi connectivity index (χ3n) is 3.51. The van der Waals surface area contributed by atoms with Crippen molar-refractivity contribution in [2.75, 3.05) is 26.4 Å². The van der Waals surface area contributed by atoms with Gasteiger partial charge in [0.05, 0.1) is 47.5 Å². The summed E-state index contributed by atoms with van der Waals surface area (Å²) in [5.74, 6) is -2.82. The van der Waals surface area contributed by atoms with Crippen LogP contribution in [-0.4, -0.2) is 59.6 Å². The molecule has 10 heteroatoms. The van der Waals surface area contributed by atoms with E-state index >= 15 is 0 Å². The molecule has 160 valence electrons. The van der Waals surface area contributed by atoms with Crippen LogP contribution in [0, 0.1) is 0 Å². The number of esters is 3. The van der Waals surface area contributed by atoms with Gasteiger partial charge in [-0.05, 0) is 32.9 Å². The van der Waals surface area contributed by atoms with E-state index in [4.69, 9.17) is 14.2 Å². The Kier molecular flexibility index (Phi) is 10.6. The highest BCUT2D eigenvalue weighted by atomic mass is 32.2. The number of nitrogens with one attached hydrogen (secondary N) is 1. The number of carbonyl (C=O) groups excluding carboxylic acids is 4. The molecule has 1 N–H and O–H groups in total. The monoisotopic (exact) mass is 427 g/mol. The predicted molar refractivity (Wildman–Crippen MR) is 103 cm³/mol. The molecule has 0 radical (unpaired) electrons. The highest BCUT2D eigenvalue weighted by Gasteiger charge is 2.33. The Bertz CT molecular complexity index is 764. The molecule has 1 aromatic rings. The van der Waals surface area contributed by atoms with Gasteiger partial charge in [0.25, 0.3) is 5.91 Å². The van der Waals surface area contributed by atoms with E-state index in [2.05, 4.69) is 5.32 Å². The van der Waals surface area contributed by atoms with Gasteiger partial charge in [-0.15, -0.1) is 0 Å². The summed E-state index contributed by atoms with van der Waals surface area (Å²) in [6, 6.07) is 5.90. The number of amides is 1. The Morgan fingerprint density at radius 3 is 2.14 bits per heavy atom. The van der Waals surface area contributed by atoms with Crippen LogP contribution in [0.25, 0.3) is 0 Å². The maximum Gasteiger partial charge on any atom is 0.325 e. The molecule has 0 saturated heterocycles. The van der Waals surface area contributed by atoms with Gasteiger partial charge < -0.3 is 19.5 Å². The number of hydrogen-bond acceptors (Lipinski definition) is 8. The minimum atomic E-state index is -2.08. The van der Waals surface area contributed by atoms with Crippen LogP contribution in [0.4, 0.5) is 0 Å². The van der Waals surface area contributed by atoms with Crippen molar-refractivity contribution in [1.82, 2.24) is 5.32 Å². The molecular weight excluding hydrogens is 402 g/mol. The molecule has 9 nitrogen and oxygen atoms in total. The summed E-state index contributed by atoms with van der Waals surface area (Å²) in [6.45, 7) is 4.78. The predicted octanol–water partition coefficient (Wildman–Crippen LogP) is 0.972. The van der Waals surface area contributed by atoms with Gasteiger partial charge in [-0.25, -0.2) is 0 Å². The molecule has 1 amide bonds. The normalized spacial score (nSPS) is 12.4. The first kappa shape index (κ1) is 24.3. The highest BCUT2D eigenvalue weighted by molar-refractivity contribution is 7.86. The Labute approximate surface area is 171 Å². The second kappa shape index (κ2) is 12.7. The minimum Gasteiger partial charge on any atom is -0.466 e. The average molecular weight is 427 g/mol. The van der Waals surface area contributed by atoms with E-state index in [1.165, 1.54) is 12.1 Å². The first-order valence-corrected chi connectivity index (χ1v) is 10.3. The topological polar surface area (TPSA) is 125 Å². The summed E-state index contributed by atoms with van der Waals surface area (Å²) in [7, 11) is -2.08. The van der Waals surface area contributed by atoms with E-state index in [-0.39, 0.29) is 36.8 Å². The smallest absolute Gasteiger partial charge is 0.325 e. The van der Waals surface area contributed by atoms with Crippen LogP contribution in [0.3, 0.4) is 0 Å². The van der Waals surface area contributed by atoms with Crippen LogP contribution >= 0.6 is 0 Å². The Balaban J connectivity index is 3.10. The van der Waals surface area contributed by atoms with Crippen molar-refractivity contribution in [2.45, 2.75) is 37.3 Å². The molecule has 0 aliphatic carbocycles. The Hall–Kier alpha value is -2.75. The summed E-state index contributed by atoms with van der Waals surface area (Å²) in [6.07, 6.45) is -0.460. The van der Waals surface area contributed by atoms with Crippen molar-refractivity contribution in [3.05, 3.63) is 29.8 Å². The second-order valence-electron chi connectivity index (χ2n) is 5.53. The van der Waals surface area contributed by atoms with Crippen LogP contribution in [0.5, 0.6) is 0 Å². The van der Waals surface area contributed by atoms with E-state index < -0.39 is 46.3 Å². The fourth-order valence-corrected chi connectivity index (χ4v) is 3.72. The largest absolute Gasteiger partial charge is 0.466 e. The van der Waals surface area contributed by atoms with Crippen LogP contribution in [0.2, 0.25) is 0 Å². The molecule has 0 spiro atoms. The molecule has 2 atom stereocenters. The summed E-state index contributed by atoms with van der Waals surface area (Å²) in [5, 5.41) is 1.04. The molecule has 0 bridgehead atoms. The fraction of sp³-hybridized carbons (Fsp3) is 0.474. The lowest BCUT2D eigenvalue weighted by Crippen LogP contribution is -2.34. The zero-order chi connectivity index (χ0) is 21.8. The Morgan fingerprint density at radius 2 is 1.52 bits per heavy atom. The van der Waals surface area contributed by atoms with Crippen LogP contribution in [0.1, 0.15) is 37.6 Å². The van der Waals surface area contributed by atoms with Gasteiger partial charge in [0, 0.05) is 0 Å². The van der Waals surface area contributed by atoms with Gasteiger partial charge in [0.1, 0.15) is 11.8 Å². The lowest BCUT2D eigenvalue weighted by atomic mass is 10.2. The second-order valence-corrected chi connectivity index (χ2v) is 7.13. The quantitative estimate of drug-likeness (QED) is 0.409. The van der Waals surface area contributed by atoms with Gasteiger partial charge in [-0.2, -0.15) is 0 Å². The first-order chi connectivity index (χ1) is 13.8. The third-order valence-corrected chi connectivity index (χ3v) is 5.18. The van der Waals surface area contributed by atoms with E-state index in [1.807, 2.05) is 0 Å². The fourth-order valence-electron chi connectivity index (χ4n) is 2.30. The van der Waals surface area contributed by atoms with Crippen molar-refractivity contribution >= 4 is 34.6 Å². The maximum absolute atomic E-state index is 13.1. The van der Waals surface area contributed by atoms with Crippen molar-refractivity contribution < 1.29 is 37.6 Å². The standard InChI is InChI=1S/C19H25NO8S/c1-4-26-16(21)11-15(19(24)28-6-3)29(25)14-10-8-7-9-13(14)18(23)20-12-17(22)27-5-2/h7-10,15H,4-6,11-12H2,1-3H3,(H,20,23). The molecule has 0 heterocycles. The van der Waals surface area contributed by atoms with E-state index in [0.717, 1.165) is 0 Å². The van der Waals surface area contributed by atoms with Gasteiger partial charge >= 0.3 is 17.9 Å². The van der Waals surface area contributed by atoms with E-state index in [9.17, 15) is 23.4 Å². The third kappa shape index (κ3) is 7.65. The van der Waals surface area contributed by atoms with Gasteiger partial charge in [0.2, 0.25) is 0 Å². The zero-order valence-corrected chi connectivity index (χ0v) is 17.4. The first-order valence-electron chi connectivity index (χ1n) is 9.11. The molecule has 0 aliphatic rings. The van der Waals surface area contributed by atoms with Crippen LogP contribution < -0.4 is 5.32 Å². The van der Waals surface area contributed by atoms with Crippen LogP contribution in [-0.2, 0) is 39.4 Å². The van der Waals surface area contributed by atoms with Crippen LogP contribution in [0.15, 0.2) is 29.2 Å². The number of rotatable bonds is 11. The molecule has 0 aliphatic heterocycles. The molecular formula is C19H25NO8S. The Morgan fingerprint density at radius 1 is 0.931 bits per heavy atom. The highest BCUT2D eigenvalue weighted by Crippen LogP contribution is 2.20. The molecule has 1 rings (SSSR count). The van der Waals surface area contributed by atoms with Crippen molar-refractivity contribution in [3.8, 4) is 0 Å². The summed E-state index contributed by atoms with van der Waals surface area (Å²) < 4.78 is 27.6. The van der Waals surface area contributed by atoms with Crippen molar-refractivity contribution in [1.29, 1.82) is 0 Å². The molecule has 0 saturated carbocycles. The van der Waals surface area contributed by atoms with Gasteiger partial charge in [-0.3, -0.25) is 23.4 Å². The number of carbonyl (C=O) groups is 4. The number of benzene rings is 1. The number of hydrogen-bond donors (Lipinski definition) is 1. The molecule has 0 fully saturated rings. The lowest BCUT2D eigenvalue weighted by molar-refractivity contribution is -0.149. The molecule has 0 aromatic heterocycles. The van der Waals surface area contributed by atoms with Crippen molar-refractivity contribution in [2.24, 2.45) is 0 Å². The van der Waals surface area contributed by atoms with E-state index in [0.29, 0.717) is 0 Å². The molecule has 1 aromatic carbocycles. The molecule has 29 heavy (non-hydrogen) atoms. The van der Waals surface area contributed by atoms with Crippen molar-refractivity contribution in [3.63, 3.8) is 0 Å². The molecule has 2 unspecified atom stereocenters. The van der Waals surface area contributed by atoms with Gasteiger partial charge in [-0.1, -0.05) is 12.1 Å². The summed E-state index contributed by atoms with van der Waals surface area (Å²) >= 11 is 0. The summed E-state index contributed by atoms with van der Waals surface area (Å²) in [4.78, 5) is 48.1. The van der Waals surface area contributed by atoms with Gasteiger partial charge in [0.15, 0.2) is 0 Å². The SMILES string of the molecule is CCOC(=O)CNC(=O)c1ccccc1S(=O)C(CC(=O)OCC)C(=O)OCC.